The number of rotatable bonds is 7. The number of hydrogen-bond donors (Lipinski definition) is 0. The van der Waals surface area contributed by atoms with Crippen LogP contribution in [0.2, 0.25) is 0 Å². The highest BCUT2D eigenvalue weighted by molar-refractivity contribution is 6.23. The average molecular weight is 747 g/mol. The number of aromatic nitrogens is 1. The van der Waals surface area contributed by atoms with Crippen molar-refractivity contribution in [2.75, 3.05) is 4.90 Å². The Morgan fingerprint density at radius 1 is 0.621 bits per heavy atom. The van der Waals surface area contributed by atoms with E-state index in [-0.39, 0.29) is 5.41 Å². The molecule has 0 radical (unpaired) electrons. The SMILES string of the molecule is CC1(c2ccc(N(c3ccc(-c4cc5c6c(oc5c5c4c4ccccc4n5-c4ccccc4)C=CCC6)cc3)c3ccccc3-c3ccccc3)cc2)C=CC=CC1. The van der Waals surface area contributed by atoms with E-state index in [0.29, 0.717) is 0 Å². The van der Waals surface area contributed by atoms with Crippen molar-refractivity contribution < 1.29 is 4.42 Å². The smallest absolute Gasteiger partial charge is 0.159 e. The number of nitrogens with zero attached hydrogens (tertiary/aromatic N) is 2. The molecule has 1 unspecified atom stereocenters. The van der Waals surface area contributed by atoms with Crippen LogP contribution in [-0.2, 0) is 11.8 Å². The summed E-state index contributed by atoms with van der Waals surface area (Å²) < 4.78 is 9.21. The minimum atomic E-state index is -0.0255. The first-order valence-electron chi connectivity index (χ1n) is 20.4. The molecular formula is C55H42N2O. The molecular weight excluding hydrogens is 705 g/mol. The molecule has 0 N–H and O–H groups in total. The van der Waals surface area contributed by atoms with Crippen molar-refractivity contribution in [3.63, 3.8) is 0 Å². The summed E-state index contributed by atoms with van der Waals surface area (Å²) in [6.07, 6.45) is 16.3. The van der Waals surface area contributed by atoms with Crippen LogP contribution in [0.15, 0.2) is 199 Å². The molecule has 7 aromatic carbocycles. The van der Waals surface area contributed by atoms with Gasteiger partial charge in [-0.05, 0) is 102 Å². The van der Waals surface area contributed by atoms with Crippen molar-refractivity contribution in [1.29, 1.82) is 0 Å². The average Bonchev–Trinajstić information content (AvgIpc) is 3.84. The van der Waals surface area contributed by atoms with Gasteiger partial charge < -0.3 is 13.9 Å². The van der Waals surface area contributed by atoms with Gasteiger partial charge >= 0.3 is 0 Å². The normalized spacial score (nSPS) is 16.0. The first kappa shape index (κ1) is 34.2. The van der Waals surface area contributed by atoms with Crippen molar-refractivity contribution in [3.05, 3.63) is 211 Å². The summed E-state index contributed by atoms with van der Waals surface area (Å²) in [5.74, 6) is 0.976. The zero-order valence-electron chi connectivity index (χ0n) is 32.5. The largest absolute Gasteiger partial charge is 0.454 e. The number of hydrogen-bond acceptors (Lipinski definition) is 2. The van der Waals surface area contributed by atoms with Crippen molar-refractivity contribution >= 4 is 55.9 Å². The van der Waals surface area contributed by atoms with Gasteiger partial charge in [0.15, 0.2) is 5.58 Å². The molecule has 0 aliphatic heterocycles. The third-order valence-corrected chi connectivity index (χ3v) is 12.3. The Balaban J connectivity index is 1.11. The van der Waals surface area contributed by atoms with Gasteiger partial charge in [0.05, 0.1) is 16.7 Å². The predicted octanol–water partition coefficient (Wildman–Crippen LogP) is 15.1. The molecule has 11 rings (SSSR count). The number of para-hydroxylation sites is 3. The van der Waals surface area contributed by atoms with Gasteiger partial charge in [0.25, 0.3) is 0 Å². The van der Waals surface area contributed by atoms with Crippen LogP contribution in [0.4, 0.5) is 17.1 Å². The van der Waals surface area contributed by atoms with Crippen LogP contribution in [0.5, 0.6) is 0 Å². The Morgan fingerprint density at radius 3 is 2.09 bits per heavy atom. The quantitative estimate of drug-likeness (QED) is 0.162. The molecule has 3 heteroatoms. The Morgan fingerprint density at radius 2 is 1.31 bits per heavy atom. The molecule has 2 heterocycles. The maximum atomic E-state index is 6.81. The van der Waals surface area contributed by atoms with Gasteiger partial charge in [-0.15, -0.1) is 0 Å². The van der Waals surface area contributed by atoms with E-state index in [9.17, 15) is 0 Å². The first-order chi connectivity index (χ1) is 28.6. The summed E-state index contributed by atoms with van der Waals surface area (Å²) in [5, 5.41) is 3.61. The molecule has 9 aromatic rings. The van der Waals surface area contributed by atoms with Crippen LogP contribution in [0.1, 0.15) is 36.7 Å². The van der Waals surface area contributed by atoms with E-state index in [2.05, 4.69) is 217 Å². The summed E-state index contributed by atoms with van der Waals surface area (Å²) in [5.41, 5.74) is 15.0. The van der Waals surface area contributed by atoms with Gasteiger partial charge in [-0.1, -0.05) is 146 Å². The topological polar surface area (TPSA) is 21.3 Å². The van der Waals surface area contributed by atoms with Gasteiger partial charge in [-0.3, -0.25) is 0 Å². The van der Waals surface area contributed by atoms with Crippen molar-refractivity contribution in [2.45, 2.75) is 31.6 Å². The molecule has 0 saturated carbocycles. The van der Waals surface area contributed by atoms with E-state index in [4.69, 9.17) is 4.42 Å². The Kier molecular flexibility index (Phi) is 8.15. The molecule has 1 atom stereocenters. The fourth-order valence-corrected chi connectivity index (χ4v) is 9.33. The minimum Gasteiger partial charge on any atom is -0.454 e. The lowest BCUT2D eigenvalue weighted by molar-refractivity contribution is 0.597. The van der Waals surface area contributed by atoms with Crippen LogP contribution in [0.25, 0.3) is 66.8 Å². The third-order valence-electron chi connectivity index (χ3n) is 12.3. The molecule has 2 aromatic heterocycles. The Hall–Kier alpha value is -7.10. The summed E-state index contributed by atoms with van der Waals surface area (Å²) in [7, 11) is 0. The lowest BCUT2D eigenvalue weighted by Crippen LogP contribution is -2.19. The van der Waals surface area contributed by atoms with Gasteiger partial charge in [0.2, 0.25) is 0 Å². The minimum absolute atomic E-state index is 0.0255. The fraction of sp³-hybridized carbons (Fsp3) is 0.0909. The highest BCUT2D eigenvalue weighted by atomic mass is 16.3. The highest BCUT2D eigenvalue weighted by Crippen LogP contribution is 2.47. The number of aryl methyl sites for hydroxylation is 1. The molecule has 0 bridgehead atoms. The van der Waals surface area contributed by atoms with Crippen molar-refractivity contribution in [2.24, 2.45) is 0 Å². The standard InChI is InChI=1S/C55H42N2O/c1-55(35-15-4-16-36-55)40-29-33-43(34-30-40)56(49-24-12-9-21-44(49)38-17-5-2-6-18-38)42-31-27-39(28-32-42)47-37-48-45-22-11-14-26-51(45)58-54(48)53-52(47)46-23-10-13-25-50(46)57(53)41-19-7-3-8-20-41/h2-10,12-21,23-35,37H,11,22,36H2,1H3. The zero-order valence-corrected chi connectivity index (χ0v) is 32.5. The monoisotopic (exact) mass is 746 g/mol. The van der Waals surface area contributed by atoms with Gasteiger partial charge in [0, 0.05) is 49.8 Å². The molecule has 0 saturated heterocycles. The molecule has 0 fully saturated rings. The number of anilines is 3. The molecule has 278 valence electrons. The summed E-state index contributed by atoms with van der Waals surface area (Å²) in [6.45, 7) is 2.32. The lowest BCUT2D eigenvalue weighted by Gasteiger charge is -2.30. The van der Waals surface area contributed by atoms with E-state index < -0.39 is 0 Å². The number of benzene rings is 7. The van der Waals surface area contributed by atoms with E-state index in [1.165, 1.54) is 55.1 Å². The van der Waals surface area contributed by atoms with E-state index in [0.717, 1.165) is 58.9 Å². The fourth-order valence-electron chi connectivity index (χ4n) is 9.33. The van der Waals surface area contributed by atoms with E-state index >= 15 is 0 Å². The van der Waals surface area contributed by atoms with Crippen LogP contribution in [-0.4, -0.2) is 4.57 Å². The second-order valence-corrected chi connectivity index (χ2v) is 15.8. The highest BCUT2D eigenvalue weighted by Gasteiger charge is 2.27. The molecule has 2 aliphatic carbocycles. The van der Waals surface area contributed by atoms with Crippen molar-refractivity contribution in [1.82, 2.24) is 4.57 Å². The number of fused-ring (bicyclic) bond motifs is 7. The summed E-state index contributed by atoms with van der Waals surface area (Å²) >= 11 is 0. The summed E-state index contributed by atoms with van der Waals surface area (Å²) in [4.78, 5) is 2.41. The van der Waals surface area contributed by atoms with Crippen LogP contribution < -0.4 is 4.90 Å². The van der Waals surface area contributed by atoms with Crippen LogP contribution >= 0.6 is 0 Å². The predicted molar refractivity (Wildman–Crippen MR) is 244 cm³/mol. The van der Waals surface area contributed by atoms with Gasteiger partial charge in [-0.2, -0.15) is 0 Å². The van der Waals surface area contributed by atoms with E-state index in [1.807, 2.05) is 0 Å². The molecule has 0 spiro atoms. The molecule has 58 heavy (non-hydrogen) atoms. The lowest BCUT2D eigenvalue weighted by atomic mass is 9.77. The first-order valence-corrected chi connectivity index (χ1v) is 20.4. The maximum Gasteiger partial charge on any atom is 0.159 e. The summed E-state index contributed by atoms with van der Waals surface area (Å²) in [6, 6.07) is 59.7. The second kappa shape index (κ2) is 13.8. The third kappa shape index (κ3) is 5.57. The van der Waals surface area contributed by atoms with Crippen LogP contribution in [0, 0.1) is 0 Å². The molecule has 0 amide bonds. The Labute approximate surface area is 339 Å². The zero-order chi connectivity index (χ0) is 38.6. The number of furan rings is 1. The Bertz CT molecular complexity index is 3070. The van der Waals surface area contributed by atoms with Crippen LogP contribution in [0.3, 0.4) is 0 Å². The van der Waals surface area contributed by atoms with Gasteiger partial charge in [-0.25, -0.2) is 0 Å². The van der Waals surface area contributed by atoms with Crippen molar-refractivity contribution in [3.8, 4) is 27.9 Å². The van der Waals surface area contributed by atoms with E-state index in [1.54, 1.807) is 0 Å². The van der Waals surface area contributed by atoms with Gasteiger partial charge in [0.1, 0.15) is 5.76 Å². The maximum absolute atomic E-state index is 6.81. The molecule has 2 aliphatic rings. The number of allylic oxidation sites excluding steroid dienone is 5. The second-order valence-electron chi connectivity index (χ2n) is 15.8. The molecule has 3 nitrogen and oxygen atoms in total.